The molecule has 0 saturated heterocycles. The van der Waals surface area contributed by atoms with Crippen LogP contribution in [0, 0.1) is 16.7 Å². The van der Waals surface area contributed by atoms with Gasteiger partial charge in [0.2, 0.25) is 0 Å². The topological polar surface area (TPSA) is 45.0 Å². The minimum Gasteiger partial charge on any atom is -0.491 e. The second kappa shape index (κ2) is 6.08. The molecule has 0 aliphatic heterocycles. The number of ether oxygens (including phenoxy) is 1. The van der Waals surface area contributed by atoms with Crippen LogP contribution in [0.2, 0.25) is 0 Å². The van der Waals surface area contributed by atoms with Crippen molar-refractivity contribution in [1.82, 2.24) is 5.32 Å². The molecule has 2 rings (SSSR count). The van der Waals surface area contributed by atoms with Gasteiger partial charge in [-0.3, -0.25) is 0 Å². The Morgan fingerprint density at radius 1 is 1.32 bits per heavy atom. The average Bonchev–Trinajstić information content (AvgIpc) is 2.34. The predicted octanol–water partition coefficient (Wildman–Crippen LogP) is 3.26. The summed E-state index contributed by atoms with van der Waals surface area (Å²) in [6.07, 6.45) is 3.48. The Labute approximate surface area is 115 Å². The van der Waals surface area contributed by atoms with Gasteiger partial charge in [-0.05, 0) is 44.4 Å². The first-order valence-electron chi connectivity index (χ1n) is 7.01. The van der Waals surface area contributed by atoms with Crippen molar-refractivity contribution < 1.29 is 4.74 Å². The van der Waals surface area contributed by atoms with Gasteiger partial charge in [0.1, 0.15) is 5.75 Å². The summed E-state index contributed by atoms with van der Waals surface area (Å²) in [5.41, 5.74) is 1.13. The first kappa shape index (κ1) is 13.9. The molecule has 1 aliphatic rings. The van der Waals surface area contributed by atoms with Crippen LogP contribution in [0.15, 0.2) is 24.3 Å². The van der Waals surface area contributed by atoms with Crippen molar-refractivity contribution in [2.75, 3.05) is 6.54 Å². The van der Waals surface area contributed by atoms with Crippen LogP contribution in [-0.4, -0.2) is 12.6 Å². The Balaban J connectivity index is 1.79. The van der Waals surface area contributed by atoms with Crippen molar-refractivity contribution in [3.05, 3.63) is 29.8 Å². The molecular weight excluding hydrogens is 236 g/mol. The molecule has 3 heteroatoms. The number of nitrogens with one attached hydrogen (secondary N) is 1. The second-order valence-electron chi connectivity index (χ2n) is 5.66. The quantitative estimate of drug-likeness (QED) is 0.852. The number of hydrogen-bond donors (Lipinski definition) is 1. The van der Waals surface area contributed by atoms with E-state index in [0.29, 0.717) is 0 Å². The van der Waals surface area contributed by atoms with Gasteiger partial charge in [0.15, 0.2) is 0 Å². The third-order valence-corrected chi connectivity index (χ3v) is 3.64. The van der Waals surface area contributed by atoms with Gasteiger partial charge in [-0.25, -0.2) is 0 Å². The third-order valence-electron chi connectivity index (χ3n) is 3.64. The van der Waals surface area contributed by atoms with Crippen LogP contribution < -0.4 is 10.1 Å². The molecule has 1 N–H and O–H groups in total. The van der Waals surface area contributed by atoms with E-state index in [9.17, 15) is 0 Å². The SMILES string of the molecule is CC(C)Oc1ccc(CNCC2(C#N)CCC2)cc1. The van der Waals surface area contributed by atoms with Crippen molar-refractivity contribution in [2.45, 2.75) is 45.8 Å². The average molecular weight is 258 g/mol. The molecule has 1 fully saturated rings. The number of nitriles is 1. The molecule has 1 aliphatic carbocycles. The summed E-state index contributed by atoms with van der Waals surface area (Å²) in [6, 6.07) is 10.6. The fourth-order valence-corrected chi connectivity index (χ4v) is 2.34. The molecule has 0 unspecified atom stereocenters. The molecule has 0 amide bonds. The summed E-state index contributed by atoms with van der Waals surface area (Å²) >= 11 is 0. The lowest BCUT2D eigenvalue weighted by Gasteiger charge is -2.35. The number of nitrogens with zero attached hydrogens (tertiary/aromatic N) is 1. The van der Waals surface area contributed by atoms with Crippen LogP contribution in [0.1, 0.15) is 38.7 Å². The number of benzene rings is 1. The molecule has 0 heterocycles. The van der Waals surface area contributed by atoms with E-state index >= 15 is 0 Å². The van der Waals surface area contributed by atoms with Crippen molar-refractivity contribution in [2.24, 2.45) is 5.41 Å². The first-order valence-corrected chi connectivity index (χ1v) is 7.01. The molecule has 102 valence electrons. The maximum absolute atomic E-state index is 9.15. The molecule has 0 bridgehead atoms. The fraction of sp³-hybridized carbons (Fsp3) is 0.562. The molecule has 3 nitrogen and oxygen atoms in total. The van der Waals surface area contributed by atoms with E-state index in [0.717, 1.165) is 31.7 Å². The van der Waals surface area contributed by atoms with E-state index in [-0.39, 0.29) is 11.5 Å². The predicted molar refractivity (Wildman–Crippen MR) is 75.8 cm³/mol. The van der Waals surface area contributed by atoms with Gasteiger partial charge in [-0.2, -0.15) is 5.26 Å². The summed E-state index contributed by atoms with van der Waals surface area (Å²) in [4.78, 5) is 0. The van der Waals surface area contributed by atoms with Crippen LogP contribution in [0.25, 0.3) is 0 Å². The molecule has 1 aromatic rings. The highest BCUT2D eigenvalue weighted by atomic mass is 16.5. The highest BCUT2D eigenvalue weighted by molar-refractivity contribution is 5.27. The minimum atomic E-state index is -0.0965. The van der Waals surface area contributed by atoms with Gasteiger partial charge in [0.05, 0.1) is 17.6 Å². The molecular formula is C16H22N2O. The minimum absolute atomic E-state index is 0.0965. The van der Waals surface area contributed by atoms with Crippen LogP contribution in [0.3, 0.4) is 0 Å². The zero-order valence-corrected chi connectivity index (χ0v) is 11.8. The van der Waals surface area contributed by atoms with Gasteiger partial charge in [0, 0.05) is 13.1 Å². The number of hydrogen-bond acceptors (Lipinski definition) is 3. The molecule has 0 atom stereocenters. The Morgan fingerprint density at radius 3 is 2.47 bits per heavy atom. The van der Waals surface area contributed by atoms with E-state index in [1.54, 1.807) is 0 Å². The molecule has 0 aromatic heterocycles. The molecule has 0 spiro atoms. The highest BCUT2D eigenvalue weighted by Crippen LogP contribution is 2.39. The van der Waals surface area contributed by atoms with Gasteiger partial charge in [-0.1, -0.05) is 18.6 Å². The summed E-state index contributed by atoms with van der Waals surface area (Å²) in [7, 11) is 0. The summed E-state index contributed by atoms with van der Waals surface area (Å²) < 4.78 is 5.61. The van der Waals surface area contributed by atoms with Crippen molar-refractivity contribution >= 4 is 0 Å². The smallest absolute Gasteiger partial charge is 0.119 e. The summed E-state index contributed by atoms with van der Waals surface area (Å²) in [6.45, 7) is 5.66. The Morgan fingerprint density at radius 2 is 2.00 bits per heavy atom. The summed E-state index contributed by atoms with van der Waals surface area (Å²) in [5.74, 6) is 0.909. The van der Waals surface area contributed by atoms with Crippen molar-refractivity contribution in [1.29, 1.82) is 5.26 Å². The molecule has 1 aromatic carbocycles. The maximum atomic E-state index is 9.15. The zero-order valence-electron chi connectivity index (χ0n) is 11.8. The Kier molecular flexibility index (Phi) is 4.44. The zero-order chi connectivity index (χ0) is 13.7. The highest BCUT2D eigenvalue weighted by Gasteiger charge is 2.36. The first-order chi connectivity index (χ1) is 9.13. The molecule has 1 saturated carbocycles. The van der Waals surface area contributed by atoms with Gasteiger partial charge in [0.25, 0.3) is 0 Å². The van der Waals surface area contributed by atoms with E-state index in [1.807, 2.05) is 26.0 Å². The normalized spacial score (nSPS) is 16.7. The van der Waals surface area contributed by atoms with E-state index in [1.165, 1.54) is 12.0 Å². The standard InChI is InChI=1S/C16H22N2O/c1-13(2)19-15-6-4-14(5-7-15)10-18-12-16(11-17)8-3-9-16/h4-7,13,18H,3,8-10,12H2,1-2H3. The van der Waals surface area contributed by atoms with E-state index < -0.39 is 0 Å². The largest absolute Gasteiger partial charge is 0.491 e. The lowest BCUT2D eigenvalue weighted by atomic mass is 9.70. The molecule has 19 heavy (non-hydrogen) atoms. The summed E-state index contributed by atoms with van der Waals surface area (Å²) in [5, 5.41) is 12.5. The monoisotopic (exact) mass is 258 g/mol. The molecule has 0 radical (unpaired) electrons. The van der Waals surface area contributed by atoms with Gasteiger partial charge < -0.3 is 10.1 Å². The lowest BCUT2D eigenvalue weighted by molar-refractivity contribution is 0.206. The van der Waals surface area contributed by atoms with E-state index in [4.69, 9.17) is 10.00 Å². The van der Waals surface area contributed by atoms with Crippen LogP contribution in [0.4, 0.5) is 0 Å². The Hall–Kier alpha value is -1.53. The van der Waals surface area contributed by atoms with Gasteiger partial charge in [-0.15, -0.1) is 0 Å². The van der Waals surface area contributed by atoms with Crippen molar-refractivity contribution in [3.63, 3.8) is 0 Å². The van der Waals surface area contributed by atoms with Crippen LogP contribution in [-0.2, 0) is 6.54 Å². The second-order valence-corrected chi connectivity index (χ2v) is 5.66. The Bertz CT molecular complexity index is 441. The lowest BCUT2D eigenvalue weighted by Crippen LogP contribution is -2.38. The van der Waals surface area contributed by atoms with E-state index in [2.05, 4.69) is 23.5 Å². The third kappa shape index (κ3) is 3.71. The van der Waals surface area contributed by atoms with Crippen LogP contribution >= 0.6 is 0 Å². The van der Waals surface area contributed by atoms with Crippen LogP contribution in [0.5, 0.6) is 5.75 Å². The van der Waals surface area contributed by atoms with Gasteiger partial charge >= 0.3 is 0 Å². The fourth-order valence-electron chi connectivity index (χ4n) is 2.34. The number of rotatable bonds is 6. The maximum Gasteiger partial charge on any atom is 0.119 e. The van der Waals surface area contributed by atoms with Crippen molar-refractivity contribution in [3.8, 4) is 11.8 Å².